The lowest BCUT2D eigenvalue weighted by Gasteiger charge is -2.14. The first-order valence-corrected chi connectivity index (χ1v) is 15.0. The van der Waals surface area contributed by atoms with Gasteiger partial charge in [0, 0.05) is 13.2 Å². The van der Waals surface area contributed by atoms with Crippen LogP contribution in [0.15, 0.2) is 12.2 Å². The molecule has 0 aliphatic heterocycles. The largest absolute Gasteiger partial charge is 0.472 e. The van der Waals surface area contributed by atoms with Gasteiger partial charge in [0.15, 0.2) is 0 Å². The van der Waals surface area contributed by atoms with E-state index in [-0.39, 0.29) is 19.8 Å². The van der Waals surface area contributed by atoms with Crippen LogP contribution in [-0.2, 0) is 23.1 Å². The van der Waals surface area contributed by atoms with Crippen LogP contribution in [0.4, 0.5) is 0 Å². The molecule has 204 valence electrons. The Labute approximate surface area is 210 Å². The van der Waals surface area contributed by atoms with Gasteiger partial charge in [-0.1, -0.05) is 76.9 Å². The van der Waals surface area contributed by atoms with Gasteiger partial charge in [-0.15, -0.1) is 0 Å². The summed E-state index contributed by atoms with van der Waals surface area (Å²) >= 11 is 0. The Morgan fingerprint density at radius 2 is 1.12 bits per heavy atom. The van der Waals surface area contributed by atoms with E-state index < -0.39 is 7.82 Å². The van der Waals surface area contributed by atoms with Crippen molar-refractivity contribution in [2.24, 2.45) is 0 Å². The first-order valence-electron chi connectivity index (χ1n) is 13.5. The summed E-state index contributed by atoms with van der Waals surface area (Å²) < 4.78 is 32.3. The second-order valence-electron chi connectivity index (χ2n) is 9.10. The van der Waals surface area contributed by atoms with E-state index in [9.17, 15) is 9.46 Å². The molecule has 0 aliphatic carbocycles. The molecular formula is C26H54NO6P. The van der Waals surface area contributed by atoms with Crippen LogP contribution in [0, 0.1) is 0 Å². The molecule has 7 nitrogen and oxygen atoms in total. The molecule has 1 atom stereocenters. The van der Waals surface area contributed by atoms with Crippen LogP contribution < -0.4 is 0 Å². The van der Waals surface area contributed by atoms with Gasteiger partial charge in [-0.05, 0) is 46.2 Å². The highest BCUT2D eigenvalue weighted by molar-refractivity contribution is 7.47. The summed E-state index contributed by atoms with van der Waals surface area (Å²) in [7, 11) is -0.263. The quantitative estimate of drug-likeness (QED) is 0.0748. The van der Waals surface area contributed by atoms with Crippen LogP contribution in [0.3, 0.4) is 0 Å². The Hall–Kier alpha value is -0.270. The van der Waals surface area contributed by atoms with E-state index in [1.165, 1.54) is 83.5 Å². The monoisotopic (exact) mass is 507 g/mol. The smallest absolute Gasteiger partial charge is 0.379 e. The molecule has 8 heteroatoms. The third-order valence-corrected chi connectivity index (χ3v) is 6.47. The maximum absolute atomic E-state index is 11.6. The van der Waals surface area contributed by atoms with Gasteiger partial charge in [0.05, 0.1) is 33.0 Å². The van der Waals surface area contributed by atoms with E-state index in [4.69, 9.17) is 18.5 Å². The van der Waals surface area contributed by atoms with Crippen molar-refractivity contribution >= 4 is 7.82 Å². The Balaban J connectivity index is 3.23. The van der Waals surface area contributed by atoms with E-state index in [1.54, 1.807) is 0 Å². The lowest BCUT2D eigenvalue weighted by molar-refractivity contribution is 0.0288. The Kier molecular flexibility index (Phi) is 25.6. The molecule has 0 aromatic carbocycles. The predicted molar refractivity (Wildman–Crippen MR) is 141 cm³/mol. The van der Waals surface area contributed by atoms with Gasteiger partial charge in [-0.2, -0.15) is 0 Å². The number of hydrogen-bond acceptors (Lipinski definition) is 6. The maximum atomic E-state index is 11.6. The molecule has 0 rings (SSSR count). The molecule has 1 N–H and O–H groups in total. The van der Waals surface area contributed by atoms with Crippen molar-refractivity contribution in [2.75, 3.05) is 60.3 Å². The number of rotatable bonds is 27. The molecule has 0 spiro atoms. The van der Waals surface area contributed by atoms with E-state index in [2.05, 4.69) is 19.1 Å². The molecule has 0 aliphatic rings. The fraction of sp³-hybridized carbons (Fsp3) is 0.923. The average Bonchev–Trinajstić information content (AvgIpc) is 2.79. The van der Waals surface area contributed by atoms with Crippen LogP contribution in [0.5, 0.6) is 0 Å². The standard InChI is InChI=1S/C26H54NO6P/c1-4-5-6-7-8-9-10-11-12-13-14-15-16-17-18-19-21-30-23-24-31-25-26-33-34(28,29)32-22-20-27(2)3/h11-12H,4-10,13-26H2,1-3H3,(H,28,29). The topological polar surface area (TPSA) is 77.5 Å². The third-order valence-electron chi connectivity index (χ3n) is 5.45. The molecule has 0 saturated heterocycles. The van der Waals surface area contributed by atoms with Gasteiger partial charge in [0.25, 0.3) is 0 Å². The third kappa shape index (κ3) is 28.0. The molecule has 0 amide bonds. The Morgan fingerprint density at radius 3 is 1.71 bits per heavy atom. The van der Waals surface area contributed by atoms with Gasteiger partial charge in [0.2, 0.25) is 0 Å². The minimum Gasteiger partial charge on any atom is -0.379 e. The SMILES string of the molecule is CCCCCCCCC=CCCCCCCCCOCCOCCOP(=O)(O)OCCN(C)C. The molecule has 0 aromatic rings. The number of phosphoric ester groups is 1. The lowest BCUT2D eigenvalue weighted by atomic mass is 10.1. The number of likely N-dealkylation sites (N-methyl/N-ethyl adjacent to an activating group) is 1. The first-order chi connectivity index (χ1) is 16.5. The highest BCUT2D eigenvalue weighted by Crippen LogP contribution is 2.42. The van der Waals surface area contributed by atoms with Gasteiger partial charge in [-0.25, -0.2) is 4.57 Å². The van der Waals surface area contributed by atoms with Crippen molar-refractivity contribution in [3.05, 3.63) is 12.2 Å². The van der Waals surface area contributed by atoms with Crippen molar-refractivity contribution in [1.82, 2.24) is 4.90 Å². The Morgan fingerprint density at radius 1 is 0.647 bits per heavy atom. The highest BCUT2D eigenvalue weighted by Gasteiger charge is 2.20. The minimum absolute atomic E-state index is 0.0185. The Bertz CT molecular complexity index is 490. The van der Waals surface area contributed by atoms with E-state index >= 15 is 0 Å². The number of phosphoric acid groups is 1. The van der Waals surface area contributed by atoms with Gasteiger partial charge < -0.3 is 19.3 Å². The number of hydrogen-bond donors (Lipinski definition) is 1. The molecule has 0 radical (unpaired) electrons. The fourth-order valence-corrected chi connectivity index (χ4v) is 4.05. The van der Waals surface area contributed by atoms with E-state index in [1.807, 2.05) is 19.0 Å². The normalized spacial score (nSPS) is 13.8. The number of nitrogens with zero attached hydrogens (tertiary/aromatic N) is 1. The molecule has 0 saturated carbocycles. The first kappa shape index (κ1) is 33.7. The summed E-state index contributed by atoms with van der Waals surface area (Å²) in [4.78, 5) is 11.4. The highest BCUT2D eigenvalue weighted by atomic mass is 31.2. The molecule has 0 aromatic heterocycles. The molecule has 0 heterocycles. The predicted octanol–water partition coefficient (Wildman–Crippen LogP) is 6.75. The summed E-state index contributed by atoms with van der Waals surface area (Å²) in [6, 6.07) is 0. The second kappa shape index (κ2) is 25.8. The minimum atomic E-state index is -3.99. The van der Waals surface area contributed by atoms with Crippen LogP contribution in [-0.4, -0.2) is 70.1 Å². The lowest BCUT2D eigenvalue weighted by Crippen LogP contribution is -2.18. The van der Waals surface area contributed by atoms with Crippen LogP contribution in [0.1, 0.15) is 96.8 Å². The van der Waals surface area contributed by atoms with Crippen molar-refractivity contribution in [2.45, 2.75) is 96.8 Å². The van der Waals surface area contributed by atoms with Crippen molar-refractivity contribution in [3.63, 3.8) is 0 Å². The summed E-state index contributed by atoms with van der Waals surface area (Å²) in [6.45, 7) is 4.96. The molecule has 1 unspecified atom stereocenters. The zero-order chi connectivity index (χ0) is 25.2. The zero-order valence-electron chi connectivity index (χ0n) is 22.4. The van der Waals surface area contributed by atoms with Gasteiger partial charge in [-0.3, -0.25) is 9.05 Å². The zero-order valence-corrected chi connectivity index (χ0v) is 23.3. The summed E-state index contributed by atoms with van der Waals surface area (Å²) in [6.07, 6.45) is 23.0. The molecular weight excluding hydrogens is 453 g/mol. The summed E-state index contributed by atoms with van der Waals surface area (Å²) in [5, 5.41) is 0. The van der Waals surface area contributed by atoms with Gasteiger partial charge in [0.1, 0.15) is 0 Å². The summed E-state index contributed by atoms with van der Waals surface area (Å²) in [5.74, 6) is 0. The number of ether oxygens (including phenoxy) is 2. The number of unbranched alkanes of at least 4 members (excludes halogenated alkanes) is 12. The fourth-order valence-electron chi connectivity index (χ4n) is 3.36. The van der Waals surface area contributed by atoms with Crippen molar-refractivity contribution in [3.8, 4) is 0 Å². The van der Waals surface area contributed by atoms with Crippen LogP contribution in [0.25, 0.3) is 0 Å². The average molecular weight is 508 g/mol. The maximum Gasteiger partial charge on any atom is 0.472 e. The summed E-state index contributed by atoms with van der Waals surface area (Å²) in [5.41, 5.74) is 0. The van der Waals surface area contributed by atoms with Crippen molar-refractivity contribution in [1.29, 1.82) is 0 Å². The van der Waals surface area contributed by atoms with E-state index in [0.717, 1.165) is 13.0 Å². The van der Waals surface area contributed by atoms with Gasteiger partial charge >= 0.3 is 7.82 Å². The van der Waals surface area contributed by atoms with Crippen LogP contribution >= 0.6 is 7.82 Å². The second-order valence-corrected chi connectivity index (χ2v) is 10.6. The van der Waals surface area contributed by atoms with E-state index in [0.29, 0.717) is 19.8 Å². The molecule has 34 heavy (non-hydrogen) atoms. The van der Waals surface area contributed by atoms with Crippen molar-refractivity contribution < 1.29 is 28.0 Å². The molecule has 0 fully saturated rings. The van der Waals surface area contributed by atoms with Crippen LogP contribution in [0.2, 0.25) is 0 Å². The number of allylic oxidation sites excluding steroid dienone is 2. The molecule has 0 bridgehead atoms.